The summed E-state index contributed by atoms with van der Waals surface area (Å²) in [6, 6.07) is 5.96. The molecule has 0 saturated carbocycles. The first-order valence-corrected chi connectivity index (χ1v) is 9.13. The van der Waals surface area contributed by atoms with E-state index in [0.717, 1.165) is 11.9 Å². The minimum Gasteiger partial charge on any atom is -0.366 e. The standard InChI is InChI=1S/C19H20FN7O2/c1-22-18(29)11-2-3-15(23-10-11)26-4-6-27(7-5-26)19-24-14-9-12(20)8-13(17(21)28)16(14)25-19/h2-3,8-10H,4-7H2,1H3,(H2,21,28)(H,22,29)(H,24,25). The first kappa shape index (κ1) is 18.7. The lowest BCUT2D eigenvalue weighted by Crippen LogP contribution is -2.47. The molecule has 4 rings (SSSR count). The molecule has 1 aliphatic heterocycles. The van der Waals surface area contributed by atoms with Crippen LogP contribution in [-0.2, 0) is 0 Å². The predicted octanol–water partition coefficient (Wildman–Crippen LogP) is 0.882. The van der Waals surface area contributed by atoms with Crippen LogP contribution in [0.2, 0.25) is 0 Å². The minimum atomic E-state index is -0.719. The topological polar surface area (TPSA) is 120 Å². The summed E-state index contributed by atoms with van der Waals surface area (Å²) >= 11 is 0. The molecule has 0 aliphatic carbocycles. The Labute approximate surface area is 165 Å². The Morgan fingerprint density at radius 1 is 1.17 bits per heavy atom. The van der Waals surface area contributed by atoms with Gasteiger partial charge in [-0.15, -0.1) is 0 Å². The quantitative estimate of drug-likeness (QED) is 0.601. The number of carbonyl (C=O) groups is 2. The number of primary amides is 1. The second-order valence-corrected chi connectivity index (χ2v) is 6.73. The van der Waals surface area contributed by atoms with Crippen LogP contribution in [0.25, 0.3) is 11.0 Å². The summed E-state index contributed by atoms with van der Waals surface area (Å²) in [4.78, 5) is 39.3. The van der Waals surface area contributed by atoms with Crippen molar-refractivity contribution in [3.05, 3.63) is 47.4 Å². The molecule has 3 aromatic rings. The van der Waals surface area contributed by atoms with Crippen molar-refractivity contribution in [3.63, 3.8) is 0 Å². The van der Waals surface area contributed by atoms with Gasteiger partial charge in [-0.2, -0.15) is 0 Å². The van der Waals surface area contributed by atoms with Crippen LogP contribution in [0.15, 0.2) is 30.5 Å². The fourth-order valence-electron chi connectivity index (χ4n) is 3.41. The molecule has 1 aromatic carbocycles. The zero-order valence-electron chi connectivity index (χ0n) is 15.8. The fraction of sp³-hybridized carbons (Fsp3) is 0.263. The number of fused-ring (bicyclic) bond motifs is 1. The van der Waals surface area contributed by atoms with Crippen LogP contribution in [-0.4, -0.2) is 60.0 Å². The highest BCUT2D eigenvalue weighted by Crippen LogP contribution is 2.24. The monoisotopic (exact) mass is 397 g/mol. The second-order valence-electron chi connectivity index (χ2n) is 6.73. The van der Waals surface area contributed by atoms with Crippen molar-refractivity contribution >= 4 is 34.6 Å². The molecule has 0 unspecified atom stereocenters. The molecule has 10 heteroatoms. The van der Waals surface area contributed by atoms with Crippen LogP contribution >= 0.6 is 0 Å². The molecule has 0 radical (unpaired) electrons. The number of nitrogens with two attached hydrogens (primary N) is 1. The van der Waals surface area contributed by atoms with Gasteiger partial charge in [0.25, 0.3) is 11.8 Å². The smallest absolute Gasteiger partial charge is 0.252 e. The van der Waals surface area contributed by atoms with Gasteiger partial charge >= 0.3 is 0 Å². The van der Waals surface area contributed by atoms with Gasteiger partial charge in [0.05, 0.1) is 16.6 Å². The summed E-state index contributed by atoms with van der Waals surface area (Å²) in [5.41, 5.74) is 6.71. The van der Waals surface area contributed by atoms with E-state index >= 15 is 0 Å². The SMILES string of the molecule is CNC(=O)c1ccc(N2CCN(c3nc4c(C(N)=O)cc(F)cc4[nH]3)CC2)nc1. The van der Waals surface area contributed by atoms with Gasteiger partial charge in [-0.1, -0.05) is 0 Å². The first-order valence-electron chi connectivity index (χ1n) is 9.13. The van der Waals surface area contributed by atoms with Crippen LogP contribution in [0.3, 0.4) is 0 Å². The summed E-state index contributed by atoms with van der Waals surface area (Å²) in [6.07, 6.45) is 1.56. The molecule has 0 bridgehead atoms. The van der Waals surface area contributed by atoms with Crippen LogP contribution in [0.1, 0.15) is 20.7 Å². The van der Waals surface area contributed by atoms with E-state index in [1.807, 2.05) is 11.0 Å². The molecule has 9 nitrogen and oxygen atoms in total. The molecular formula is C19H20FN7O2. The zero-order valence-corrected chi connectivity index (χ0v) is 15.8. The highest BCUT2D eigenvalue weighted by Gasteiger charge is 2.22. The number of nitrogens with zero attached hydrogens (tertiary/aromatic N) is 4. The number of amides is 2. The van der Waals surface area contributed by atoms with Crippen LogP contribution in [0.5, 0.6) is 0 Å². The average molecular weight is 397 g/mol. The van der Waals surface area contributed by atoms with Crippen LogP contribution in [0, 0.1) is 5.82 Å². The molecule has 29 heavy (non-hydrogen) atoms. The molecular weight excluding hydrogens is 377 g/mol. The molecule has 2 aromatic heterocycles. The van der Waals surface area contributed by atoms with Crippen molar-refractivity contribution in [2.24, 2.45) is 5.73 Å². The number of hydrogen-bond acceptors (Lipinski definition) is 6. The van der Waals surface area contributed by atoms with Crippen molar-refractivity contribution in [2.45, 2.75) is 0 Å². The Bertz CT molecular complexity index is 1070. The predicted molar refractivity (Wildman–Crippen MR) is 107 cm³/mol. The van der Waals surface area contributed by atoms with E-state index in [-0.39, 0.29) is 11.5 Å². The number of carbonyl (C=O) groups excluding carboxylic acids is 2. The van der Waals surface area contributed by atoms with E-state index in [1.54, 1.807) is 19.3 Å². The zero-order chi connectivity index (χ0) is 20.5. The summed E-state index contributed by atoms with van der Waals surface area (Å²) in [5, 5.41) is 2.57. The number of imidazole rings is 1. The Balaban J connectivity index is 1.49. The van der Waals surface area contributed by atoms with Crippen molar-refractivity contribution < 1.29 is 14.0 Å². The third kappa shape index (κ3) is 3.56. The van der Waals surface area contributed by atoms with E-state index in [0.29, 0.717) is 48.7 Å². The number of aromatic nitrogens is 3. The van der Waals surface area contributed by atoms with Crippen molar-refractivity contribution in [2.75, 3.05) is 43.0 Å². The molecule has 3 heterocycles. The lowest BCUT2D eigenvalue weighted by molar-refractivity contribution is 0.0961. The molecule has 150 valence electrons. The van der Waals surface area contributed by atoms with Crippen LogP contribution in [0.4, 0.5) is 16.2 Å². The normalized spacial score (nSPS) is 14.3. The van der Waals surface area contributed by atoms with Gasteiger partial charge in [-0.3, -0.25) is 9.59 Å². The van der Waals surface area contributed by atoms with Gasteiger partial charge in [0, 0.05) is 39.4 Å². The third-order valence-electron chi connectivity index (χ3n) is 4.94. The van der Waals surface area contributed by atoms with E-state index < -0.39 is 11.7 Å². The largest absolute Gasteiger partial charge is 0.366 e. The summed E-state index contributed by atoms with van der Waals surface area (Å²) in [5.74, 6) is -0.0811. The summed E-state index contributed by atoms with van der Waals surface area (Å²) in [7, 11) is 1.58. The third-order valence-corrected chi connectivity index (χ3v) is 4.94. The van der Waals surface area contributed by atoms with E-state index in [2.05, 4.69) is 25.2 Å². The lowest BCUT2D eigenvalue weighted by Gasteiger charge is -2.35. The number of anilines is 2. The highest BCUT2D eigenvalue weighted by atomic mass is 19.1. The number of pyridine rings is 1. The van der Waals surface area contributed by atoms with E-state index in [4.69, 9.17) is 5.73 Å². The molecule has 0 atom stereocenters. The molecule has 1 saturated heterocycles. The molecule has 0 spiro atoms. The maximum absolute atomic E-state index is 13.7. The molecule has 4 N–H and O–H groups in total. The average Bonchev–Trinajstić information content (AvgIpc) is 3.16. The Morgan fingerprint density at radius 3 is 2.52 bits per heavy atom. The maximum Gasteiger partial charge on any atom is 0.252 e. The number of benzene rings is 1. The van der Waals surface area contributed by atoms with Crippen LogP contribution < -0.4 is 20.9 Å². The van der Waals surface area contributed by atoms with E-state index in [1.165, 1.54) is 6.07 Å². The number of H-pyrrole nitrogens is 1. The maximum atomic E-state index is 13.7. The number of hydrogen-bond donors (Lipinski definition) is 3. The Morgan fingerprint density at radius 2 is 1.90 bits per heavy atom. The van der Waals surface area contributed by atoms with Gasteiger partial charge in [0.15, 0.2) is 0 Å². The highest BCUT2D eigenvalue weighted by molar-refractivity contribution is 6.04. The van der Waals surface area contributed by atoms with Crippen molar-refractivity contribution in [3.8, 4) is 0 Å². The first-order chi connectivity index (χ1) is 14.0. The number of halogens is 1. The molecule has 2 amide bonds. The van der Waals surface area contributed by atoms with Crippen molar-refractivity contribution in [1.82, 2.24) is 20.3 Å². The molecule has 1 aliphatic rings. The van der Waals surface area contributed by atoms with Gasteiger partial charge in [-0.05, 0) is 24.3 Å². The van der Waals surface area contributed by atoms with Crippen molar-refractivity contribution in [1.29, 1.82) is 0 Å². The number of rotatable bonds is 4. The molecule has 1 fully saturated rings. The van der Waals surface area contributed by atoms with Gasteiger partial charge in [-0.25, -0.2) is 14.4 Å². The number of piperazine rings is 1. The Kier molecular flexibility index (Phi) is 4.75. The summed E-state index contributed by atoms with van der Waals surface area (Å²) < 4.78 is 13.7. The second kappa shape index (κ2) is 7.38. The van der Waals surface area contributed by atoms with Gasteiger partial charge in [0.1, 0.15) is 17.2 Å². The number of aromatic amines is 1. The van der Waals surface area contributed by atoms with Gasteiger partial charge in [0.2, 0.25) is 5.95 Å². The fourth-order valence-corrected chi connectivity index (χ4v) is 3.41. The van der Waals surface area contributed by atoms with E-state index in [9.17, 15) is 14.0 Å². The minimum absolute atomic E-state index is 0.0570. The van der Waals surface area contributed by atoms with Gasteiger partial charge < -0.3 is 25.8 Å². The Hall–Kier alpha value is -3.69. The lowest BCUT2D eigenvalue weighted by atomic mass is 10.1. The number of nitrogens with one attached hydrogen (secondary N) is 2. The summed E-state index contributed by atoms with van der Waals surface area (Å²) in [6.45, 7) is 2.71.